The zero-order chi connectivity index (χ0) is 14.0. The van der Waals surface area contributed by atoms with E-state index in [2.05, 4.69) is 0 Å². The molecule has 2 aromatic rings. The molecule has 0 spiro atoms. The predicted octanol–water partition coefficient (Wildman–Crippen LogP) is 3.86. The van der Waals surface area contributed by atoms with Crippen LogP contribution in [0.25, 0.3) is 10.8 Å². The van der Waals surface area contributed by atoms with Crippen LogP contribution in [-0.4, -0.2) is 17.7 Å². The molecule has 0 heterocycles. The Morgan fingerprint density at radius 2 is 1.80 bits per heavy atom. The molecule has 2 aromatic carbocycles. The monoisotopic (exact) mass is 270 g/mol. The largest absolute Gasteiger partial charge is 0.492 e. The molecule has 0 radical (unpaired) electrons. The van der Waals surface area contributed by atoms with Crippen LogP contribution in [-0.2, 0) is 4.79 Å². The lowest BCUT2D eigenvalue weighted by Crippen LogP contribution is -2.34. The van der Waals surface area contributed by atoms with Crippen molar-refractivity contribution in [3.63, 3.8) is 0 Å². The zero-order valence-electron chi connectivity index (χ0n) is 11.3. The lowest BCUT2D eigenvalue weighted by atomic mass is 9.87. The van der Waals surface area contributed by atoms with Crippen LogP contribution in [0.4, 0.5) is 0 Å². The second kappa shape index (κ2) is 5.16. The highest BCUT2D eigenvalue weighted by Gasteiger charge is 2.42. The van der Waals surface area contributed by atoms with Gasteiger partial charge in [-0.05, 0) is 24.3 Å². The van der Waals surface area contributed by atoms with E-state index >= 15 is 0 Å². The minimum absolute atomic E-state index is 0.260. The van der Waals surface area contributed by atoms with Gasteiger partial charge in [-0.15, -0.1) is 0 Å². The van der Waals surface area contributed by atoms with Crippen LogP contribution in [0, 0.1) is 5.41 Å². The topological polar surface area (TPSA) is 46.5 Å². The smallest absolute Gasteiger partial charge is 0.313 e. The molecule has 20 heavy (non-hydrogen) atoms. The van der Waals surface area contributed by atoms with Crippen molar-refractivity contribution < 1.29 is 14.6 Å². The fourth-order valence-electron chi connectivity index (χ4n) is 3.01. The fourth-order valence-corrected chi connectivity index (χ4v) is 3.01. The number of carbonyl (C=O) groups is 1. The fraction of sp³-hybridized carbons (Fsp3) is 0.353. The highest BCUT2D eigenvalue weighted by atomic mass is 16.5. The number of benzene rings is 2. The van der Waals surface area contributed by atoms with Crippen molar-refractivity contribution in [3.05, 3.63) is 42.5 Å². The van der Waals surface area contributed by atoms with Crippen LogP contribution in [0.15, 0.2) is 42.5 Å². The average molecular weight is 270 g/mol. The first kappa shape index (κ1) is 13.0. The van der Waals surface area contributed by atoms with Gasteiger partial charge in [0, 0.05) is 5.39 Å². The van der Waals surface area contributed by atoms with E-state index in [0.717, 1.165) is 29.4 Å². The van der Waals surface area contributed by atoms with Gasteiger partial charge in [-0.3, -0.25) is 4.79 Å². The van der Waals surface area contributed by atoms with E-state index in [1.54, 1.807) is 0 Å². The summed E-state index contributed by atoms with van der Waals surface area (Å²) in [6.07, 6.45) is 3.39. The highest BCUT2D eigenvalue weighted by molar-refractivity contribution is 5.88. The second-order valence-corrected chi connectivity index (χ2v) is 5.56. The van der Waals surface area contributed by atoms with Crippen molar-refractivity contribution >= 4 is 16.7 Å². The molecule has 0 amide bonds. The number of hydrogen-bond acceptors (Lipinski definition) is 2. The van der Waals surface area contributed by atoms with Crippen LogP contribution in [0.1, 0.15) is 25.7 Å². The van der Waals surface area contributed by atoms with Crippen LogP contribution in [0.3, 0.4) is 0 Å². The van der Waals surface area contributed by atoms with Crippen molar-refractivity contribution in [3.8, 4) is 5.75 Å². The highest BCUT2D eigenvalue weighted by Crippen LogP contribution is 2.39. The van der Waals surface area contributed by atoms with Gasteiger partial charge in [0.15, 0.2) is 0 Å². The van der Waals surface area contributed by atoms with Crippen molar-refractivity contribution in [1.82, 2.24) is 0 Å². The Morgan fingerprint density at radius 3 is 2.55 bits per heavy atom. The van der Waals surface area contributed by atoms with Gasteiger partial charge in [-0.25, -0.2) is 0 Å². The predicted molar refractivity (Wildman–Crippen MR) is 78.0 cm³/mol. The molecule has 104 valence electrons. The Kier molecular flexibility index (Phi) is 3.35. The number of fused-ring (bicyclic) bond motifs is 1. The van der Waals surface area contributed by atoms with Gasteiger partial charge < -0.3 is 9.84 Å². The molecule has 3 heteroatoms. The molecule has 3 nitrogen and oxygen atoms in total. The van der Waals surface area contributed by atoms with Gasteiger partial charge in [0.2, 0.25) is 0 Å². The number of aliphatic carboxylic acids is 1. The first-order valence-electron chi connectivity index (χ1n) is 7.05. The Balaban J connectivity index is 1.85. The van der Waals surface area contributed by atoms with Gasteiger partial charge in [-0.2, -0.15) is 0 Å². The number of carboxylic acids is 1. The summed E-state index contributed by atoms with van der Waals surface area (Å²) >= 11 is 0. The first-order valence-corrected chi connectivity index (χ1v) is 7.05. The quantitative estimate of drug-likeness (QED) is 0.917. The molecule has 0 bridgehead atoms. The summed E-state index contributed by atoms with van der Waals surface area (Å²) in [5.41, 5.74) is -0.697. The van der Waals surface area contributed by atoms with Crippen LogP contribution >= 0.6 is 0 Å². The Hall–Kier alpha value is -2.03. The summed E-state index contributed by atoms with van der Waals surface area (Å²) in [4.78, 5) is 11.5. The molecule has 0 unspecified atom stereocenters. The minimum Gasteiger partial charge on any atom is -0.492 e. The zero-order valence-corrected chi connectivity index (χ0v) is 11.3. The molecule has 1 N–H and O–H groups in total. The SMILES string of the molecule is O=C(O)C1(COc2cccc3ccccc23)CCCC1. The summed E-state index contributed by atoms with van der Waals surface area (Å²) in [6.45, 7) is 0.260. The second-order valence-electron chi connectivity index (χ2n) is 5.56. The number of ether oxygens (including phenoxy) is 1. The van der Waals surface area contributed by atoms with Crippen LogP contribution < -0.4 is 4.74 Å². The molecule has 1 fully saturated rings. The van der Waals surface area contributed by atoms with E-state index in [1.165, 1.54) is 0 Å². The van der Waals surface area contributed by atoms with Crippen molar-refractivity contribution in [2.24, 2.45) is 5.41 Å². The van der Waals surface area contributed by atoms with E-state index < -0.39 is 11.4 Å². The van der Waals surface area contributed by atoms with Gasteiger partial charge in [0.25, 0.3) is 0 Å². The van der Waals surface area contributed by atoms with E-state index in [9.17, 15) is 9.90 Å². The van der Waals surface area contributed by atoms with Gasteiger partial charge in [0.05, 0.1) is 0 Å². The Labute approximate surface area is 118 Å². The van der Waals surface area contributed by atoms with E-state index in [1.807, 2.05) is 42.5 Å². The van der Waals surface area contributed by atoms with Crippen LogP contribution in [0.5, 0.6) is 5.75 Å². The van der Waals surface area contributed by atoms with Crippen molar-refractivity contribution in [2.45, 2.75) is 25.7 Å². The van der Waals surface area contributed by atoms with E-state index in [-0.39, 0.29) is 6.61 Å². The average Bonchev–Trinajstić information content (AvgIpc) is 2.95. The third-order valence-electron chi connectivity index (χ3n) is 4.27. The molecule has 1 saturated carbocycles. The summed E-state index contributed by atoms with van der Waals surface area (Å²) in [5.74, 6) is 0.0471. The van der Waals surface area contributed by atoms with Crippen LogP contribution in [0.2, 0.25) is 0 Å². The van der Waals surface area contributed by atoms with E-state index in [0.29, 0.717) is 12.8 Å². The first-order chi connectivity index (χ1) is 9.71. The molecule has 0 saturated heterocycles. The molecular weight excluding hydrogens is 252 g/mol. The maximum absolute atomic E-state index is 11.5. The summed E-state index contributed by atoms with van der Waals surface area (Å²) in [5, 5.41) is 11.6. The third kappa shape index (κ3) is 2.24. The maximum atomic E-state index is 11.5. The molecule has 3 rings (SSSR count). The van der Waals surface area contributed by atoms with Gasteiger partial charge in [0.1, 0.15) is 17.8 Å². The van der Waals surface area contributed by atoms with Crippen molar-refractivity contribution in [2.75, 3.05) is 6.61 Å². The van der Waals surface area contributed by atoms with Gasteiger partial charge >= 0.3 is 5.97 Å². The summed E-state index contributed by atoms with van der Waals surface area (Å²) < 4.78 is 5.89. The molecular formula is C17H18O3. The number of rotatable bonds is 4. The standard InChI is InChI=1S/C17H18O3/c18-16(19)17(10-3-4-11-17)12-20-15-9-5-7-13-6-1-2-8-14(13)15/h1-2,5-9H,3-4,10-12H2,(H,18,19). The summed E-state index contributed by atoms with van der Waals surface area (Å²) in [7, 11) is 0. The third-order valence-corrected chi connectivity index (χ3v) is 4.27. The van der Waals surface area contributed by atoms with E-state index in [4.69, 9.17) is 4.74 Å². The maximum Gasteiger partial charge on any atom is 0.313 e. The number of carboxylic acid groups (broad SMARTS) is 1. The summed E-state index contributed by atoms with van der Waals surface area (Å²) in [6, 6.07) is 13.9. The normalized spacial score (nSPS) is 17.2. The lowest BCUT2D eigenvalue weighted by molar-refractivity contribution is -0.150. The molecule has 0 aliphatic heterocycles. The Bertz CT molecular complexity index is 622. The van der Waals surface area contributed by atoms with Gasteiger partial charge in [-0.1, -0.05) is 49.2 Å². The Morgan fingerprint density at radius 1 is 1.10 bits per heavy atom. The lowest BCUT2D eigenvalue weighted by Gasteiger charge is -2.24. The minimum atomic E-state index is -0.727. The number of hydrogen-bond donors (Lipinski definition) is 1. The molecule has 1 aliphatic carbocycles. The van der Waals surface area contributed by atoms with Crippen molar-refractivity contribution in [1.29, 1.82) is 0 Å². The molecule has 0 aromatic heterocycles. The molecule has 1 aliphatic rings. The molecule has 0 atom stereocenters.